The third kappa shape index (κ3) is 3.75. The van der Waals surface area contributed by atoms with Gasteiger partial charge in [-0.15, -0.1) is 0 Å². The zero-order valence-corrected chi connectivity index (χ0v) is 12.0. The number of furan rings is 1. The van der Waals surface area contributed by atoms with Crippen molar-refractivity contribution in [1.82, 2.24) is 4.90 Å². The minimum Gasteiger partial charge on any atom is -0.467 e. The third-order valence-corrected chi connectivity index (χ3v) is 3.25. The molecule has 2 heterocycles. The molecule has 1 fully saturated rings. The number of nitrogens with zero attached hydrogens (tertiary/aromatic N) is 1. The van der Waals surface area contributed by atoms with Crippen LogP contribution in [0.4, 0.5) is 4.79 Å². The van der Waals surface area contributed by atoms with Gasteiger partial charge in [0.05, 0.1) is 12.3 Å². The van der Waals surface area contributed by atoms with Gasteiger partial charge in [0.2, 0.25) is 0 Å². The SMILES string of the molecule is CC(C)(C)OC(=O)N1CCCCCC1c1ccco1. The van der Waals surface area contributed by atoms with Crippen molar-refractivity contribution in [3.8, 4) is 0 Å². The number of carbonyl (C=O) groups excluding carboxylic acids is 1. The second-order valence-electron chi connectivity index (χ2n) is 6.05. The Morgan fingerprint density at radius 3 is 2.79 bits per heavy atom. The summed E-state index contributed by atoms with van der Waals surface area (Å²) in [6, 6.07) is 3.81. The molecular formula is C15H23NO3. The second-order valence-corrected chi connectivity index (χ2v) is 6.05. The molecule has 1 unspecified atom stereocenters. The Balaban J connectivity index is 2.15. The van der Waals surface area contributed by atoms with Crippen molar-refractivity contribution in [1.29, 1.82) is 0 Å². The molecule has 0 N–H and O–H groups in total. The summed E-state index contributed by atoms with van der Waals surface area (Å²) in [5.41, 5.74) is -0.461. The van der Waals surface area contributed by atoms with Gasteiger partial charge in [-0.05, 0) is 45.7 Å². The molecule has 1 aliphatic rings. The number of rotatable bonds is 1. The Kier molecular flexibility index (Phi) is 4.17. The van der Waals surface area contributed by atoms with E-state index in [1.165, 1.54) is 0 Å². The standard InChI is InChI=1S/C15H23NO3/c1-15(2,3)19-14(17)16-10-6-4-5-8-12(16)13-9-7-11-18-13/h7,9,11-12H,4-6,8,10H2,1-3H3. The molecule has 1 aliphatic heterocycles. The molecule has 0 saturated carbocycles. The highest BCUT2D eigenvalue weighted by Crippen LogP contribution is 2.31. The Hall–Kier alpha value is -1.45. The highest BCUT2D eigenvalue weighted by atomic mass is 16.6. The summed E-state index contributed by atoms with van der Waals surface area (Å²) in [5, 5.41) is 0. The lowest BCUT2D eigenvalue weighted by molar-refractivity contribution is 0.0142. The van der Waals surface area contributed by atoms with E-state index >= 15 is 0 Å². The van der Waals surface area contributed by atoms with Crippen molar-refractivity contribution in [3.63, 3.8) is 0 Å². The maximum absolute atomic E-state index is 12.3. The van der Waals surface area contributed by atoms with Crippen molar-refractivity contribution in [2.45, 2.75) is 58.1 Å². The highest BCUT2D eigenvalue weighted by molar-refractivity contribution is 5.68. The fourth-order valence-electron chi connectivity index (χ4n) is 2.42. The largest absolute Gasteiger partial charge is 0.467 e. The molecule has 4 nitrogen and oxygen atoms in total. The first-order valence-corrected chi connectivity index (χ1v) is 7.00. The van der Waals surface area contributed by atoms with Crippen LogP contribution < -0.4 is 0 Å². The van der Waals surface area contributed by atoms with E-state index in [1.807, 2.05) is 37.8 Å². The lowest BCUT2D eigenvalue weighted by atomic mass is 10.1. The fourth-order valence-corrected chi connectivity index (χ4v) is 2.42. The molecule has 4 heteroatoms. The Morgan fingerprint density at radius 1 is 1.37 bits per heavy atom. The molecular weight excluding hydrogens is 242 g/mol. The van der Waals surface area contributed by atoms with E-state index in [2.05, 4.69) is 0 Å². The van der Waals surface area contributed by atoms with Crippen molar-refractivity contribution in [2.75, 3.05) is 6.54 Å². The molecule has 2 rings (SSSR count). The predicted molar refractivity (Wildman–Crippen MR) is 72.9 cm³/mol. The van der Waals surface area contributed by atoms with Crippen molar-refractivity contribution >= 4 is 6.09 Å². The Labute approximate surface area is 114 Å². The van der Waals surface area contributed by atoms with Crippen LogP contribution in [0.3, 0.4) is 0 Å². The molecule has 0 bridgehead atoms. The first-order valence-electron chi connectivity index (χ1n) is 7.00. The van der Waals surface area contributed by atoms with Gasteiger partial charge in [-0.2, -0.15) is 0 Å². The third-order valence-electron chi connectivity index (χ3n) is 3.25. The Morgan fingerprint density at radius 2 is 2.16 bits per heavy atom. The maximum Gasteiger partial charge on any atom is 0.410 e. The van der Waals surface area contributed by atoms with Crippen LogP contribution in [0.15, 0.2) is 22.8 Å². The van der Waals surface area contributed by atoms with Crippen molar-refractivity contribution in [2.24, 2.45) is 0 Å². The van der Waals surface area contributed by atoms with Crippen LogP contribution in [0.2, 0.25) is 0 Å². The van der Waals surface area contributed by atoms with Crippen LogP contribution in [-0.2, 0) is 4.74 Å². The van der Waals surface area contributed by atoms with Crippen molar-refractivity contribution < 1.29 is 13.9 Å². The number of carbonyl (C=O) groups is 1. The van der Waals surface area contributed by atoms with Crippen LogP contribution in [0.25, 0.3) is 0 Å². The zero-order chi connectivity index (χ0) is 13.9. The minimum atomic E-state index is -0.461. The van der Waals surface area contributed by atoms with E-state index in [1.54, 1.807) is 6.26 Å². The molecule has 0 radical (unpaired) electrons. The van der Waals surface area contributed by atoms with Gasteiger partial charge in [-0.25, -0.2) is 4.79 Å². The zero-order valence-electron chi connectivity index (χ0n) is 12.0. The summed E-state index contributed by atoms with van der Waals surface area (Å²) in [4.78, 5) is 14.2. The van der Waals surface area contributed by atoms with Crippen LogP contribution in [0.1, 0.15) is 58.3 Å². The predicted octanol–water partition coefficient (Wildman–Crippen LogP) is 4.13. The van der Waals surface area contributed by atoms with Gasteiger partial charge in [-0.1, -0.05) is 12.8 Å². The fraction of sp³-hybridized carbons (Fsp3) is 0.667. The number of hydrogen-bond donors (Lipinski definition) is 0. The first-order chi connectivity index (χ1) is 8.97. The molecule has 1 saturated heterocycles. The van der Waals surface area contributed by atoms with Crippen LogP contribution in [-0.4, -0.2) is 23.1 Å². The number of likely N-dealkylation sites (tertiary alicyclic amines) is 1. The van der Waals surface area contributed by atoms with E-state index in [9.17, 15) is 4.79 Å². The number of hydrogen-bond acceptors (Lipinski definition) is 3. The lowest BCUT2D eigenvalue weighted by Crippen LogP contribution is -2.39. The van der Waals surface area contributed by atoms with Gasteiger partial charge in [-0.3, -0.25) is 4.90 Å². The van der Waals surface area contributed by atoms with E-state index in [-0.39, 0.29) is 12.1 Å². The average molecular weight is 265 g/mol. The summed E-state index contributed by atoms with van der Waals surface area (Å²) in [6.07, 6.45) is 5.65. The lowest BCUT2D eigenvalue weighted by Gasteiger charge is -2.31. The number of ether oxygens (including phenoxy) is 1. The van der Waals surface area contributed by atoms with E-state index < -0.39 is 5.60 Å². The highest BCUT2D eigenvalue weighted by Gasteiger charge is 2.31. The van der Waals surface area contributed by atoms with Gasteiger partial charge in [0, 0.05) is 6.54 Å². The molecule has 0 aromatic carbocycles. The minimum absolute atomic E-state index is 0.00681. The summed E-state index contributed by atoms with van der Waals surface area (Å²) >= 11 is 0. The molecule has 1 amide bonds. The van der Waals surface area contributed by atoms with Crippen molar-refractivity contribution in [3.05, 3.63) is 24.2 Å². The molecule has 0 aliphatic carbocycles. The quantitative estimate of drug-likeness (QED) is 0.766. The summed E-state index contributed by atoms with van der Waals surface area (Å²) in [6.45, 7) is 6.42. The number of amides is 1. The second kappa shape index (κ2) is 5.68. The van der Waals surface area contributed by atoms with Gasteiger partial charge >= 0.3 is 6.09 Å². The van der Waals surface area contributed by atoms with E-state index in [0.29, 0.717) is 0 Å². The van der Waals surface area contributed by atoms with Gasteiger partial charge in [0.15, 0.2) is 0 Å². The topological polar surface area (TPSA) is 42.7 Å². The van der Waals surface area contributed by atoms with Gasteiger partial charge in [0.1, 0.15) is 11.4 Å². The molecule has 1 aromatic rings. The molecule has 0 spiro atoms. The monoisotopic (exact) mass is 265 g/mol. The van der Waals surface area contributed by atoms with Crippen LogP contribution in [0.5, 0.6) is 0 Å². The summed E-state index contributed by atoms with van der Waals surface area (Å²) in [7, 11) is 0. The van der Waals surface area contributed by atoms with Gasteiger partial charge < -0.3 is 9.15 Å². The first kappa shape index (κ1) is 14.0. The van der Waals surface area contributed by atoms with Gasteiger partial charge in [0.25, 0.3) is 0 Å². The molecule has 106 valence electrons. The summed E-state index contributed by atoms with van der Waals surface area (Å²) in [5.74, 6) is 0.854. The summed E-state index contributed by atoms with van der Waals surface area (Å²) < 4.78 is 11.0. The maximum atomic E-state index is 12.3. The molecule has 1 aromatic heterocycles. The average Bonchev–Trinajstić information content (AvgIpc) is 2.71. The molecule has 1 atom stereocenters. The van der Waals surface area contributed by atoms with Crippen LogP contribution >= 0.6 is 0 Å². The molecule has 19 heavy (non-hydrogen) atoms. The van der Waals surface area contributed by atoms with Crippen LogP contribution in [0, 0.1) is 0 Å². The van der Waals surface area contributed by atoms with E-state index in [0.717, 1.165) is 38.0 Å². The van der Waals surface area contributed by atoms with E-state index in [4.69, 9.17) is 9.15 Å². The smallest absolute Gasteiger partial charge is 0.410 e. The normalized spacial score (nSPS) is 21.0. The Bertz CT molecular complexity index is 406.